The fourth-order valence-electron chi connectivity index (χ4n) is 5.03. The summed E-state index contributed by atoms with van der Waals surface area (Å²) in [5.74, 6) is 0. The first-order valence-corrected chi connectivity index (χ1v) is 13.4. The summed E-state index contributed by atoms with van der Waals surface area (Å²) < 4.78 is 0. The number of benzene rings is 6. The van der Waals surface area contributed by atoms with Crippen molar-refractivity contribution in [1.29, 1.82) is 0 Å². The van der Waals surface area contributed by atoms with Gasteiger partial charge in [-0.2, -0.15) is 0 Å². The summed E-state index contributed by atoms with van der Waals surface area (Å²) in [5.41, 5.74) is 11.1. The van der Waals surface area contributed by atoms with Crippen molar-refractivity contribution in [3.63, 3.8) is 0 Å². The van der Waals surface area contributed by atoms with Gasteiger partial charge in [-0.1, -0.05) is 110 Å². The molecule has 6 aromatic carbocycles. The quantitative estimate of drug-likeness (QED) is 0.211. The van der Waals surface area contributed by atoms with Crippen LogP contribution >= 0.6 is 0 Å². The standard InChI is InChI=1S/C38H30N2/c1-3-27-12-18-31(19-13-27)39-33-22-16-30(17-23-33)36-25-24-34(40-32-20-14-28(4-2)15-21-32)26-38(36)37-11-7-9-29-8-5-6-10-35(29)37/h3-26,39-40H,1-2H2. The van der Waals surface area contributed by atoms with Crippen molar-refractivity contribution in [3.05, 3.63) is 158 Å². The van der Waals surface area contributed by atoms with E-state index < -0.39 is 0 Å². The molecule has 0 saturated heterocycles. The van der Waals surface area contributed by atoms with Crippen LogP contribution in [0.3, 0.4) is 0 Å². The highest BCUT2D eigenvalue weighted by molar-refractivity contribution is 6.01. The molecule has 0 aromatic heterocycles. The van der Waals surface area contributed by atoms with E-state index in [9.17, 15) is 0 Å². The van der Waals surface area contributed by atoms with E-state index in [4.69, 9.17) is 0 Å². The lowest BCUT2D eigenvalue weighted by molar-refractivity contribution is 1.52. The van der Waals surface area contributed by atoms with Crippen LogP contribution in [0.2, 0.25) is 0 Å². The summed E-state index contributed by atoms with van der Waals surface area (Å²) in [7, 11) is 0. The molecule has 0 aliphatic heterocycles. The largest absolute Gasteiger partial charge is 0.356 e. The number of hydrogen-bond donors (Lipinski definition) is 2. The zero-order valence-corrected chi connectivity index (χ0v) is 22.3. The van der Waals surface area contributed by atoms with Crippen molar-refractivity contribution in [3.8, 4) is 22.3 Å². The van der Waals surface area contributed by atoms with Crippen LogP contribution < -0.4 is 10.6 Å². The van der Waals surface area contributed by atoms with Crippen molar-refractivity contribution in [2.24, 2.45) is 0 Å². The van der Waals surface area contributed by atoms with Crippen LogP contribution in [0.25, 0.3) is 45.2 Å². The number of fused-ring (bicyclic) bond motifs is 1. The summed E-state index contributed by atoms with van der Waals surface area (Å²) in [4.78, 5) is 0. The molecule has 0 atom stereocenters. The summed E-state index contributed by atoms with van der Waals surface area (Å²) in [6.45, 7) is 7.69. The molecular weight excluding hydrogens is 484 g/mol. The van der Waals surface area contributed by atoms with E-state index in [1.54, 1.807) is 0 Å². The van der Waals surface area contributed by atoms with Gasteiger partial charge in [0.1, 0.15) is 0 Å². The van der Waals surface area contributed by atoms with Crippen molar-refractivity contribution in [1.82, 2.24) is 0 Å². The SMILES string of the molecule is C=Cc1ccc(Nc2ccc(-c3ccc(Nc4ccc(C=C)cc4)cc3-c3cccc4ccccc34)cc2)cc1. The smallest absolute Gasteiger partial charge is 0.0390 e. The van der Waals surface area contributed by atoms with Gasteiger partial charge in [0.05, 0.1) is 0 Å². The second-order valence-corrected chi connectivity index (χ2v) is 9.77. The number of anilines is 4. The second-order valence-electron chi connectivity index (χ2n) is 9.77. The van der Waals surface area contributed by atoms with Gasteiger partial charge in [0.15, 0.2) is 0 Å². The third-order valence-electron chi connectivity index (χ3n) is 7.17. The van der Waals surface area contributed by atoms with Gasteiger partial charge in [0.25, 0.3) is 0 Å². The van der Waals surface area contributed by atoms with Gasteiger partial charge in [0.2, 0.25) is 0 Å². The van der Waals surface area contributed by atoms with Crippen LogP contribution in [0.4, 0.5) is 22.7 Å². The lowest BCUT2D eigenvalue weighted by Crippen LogP contribution is -1.94. The zero-order valence-electron chi connectivity index (χ0n) is 22.3. The Morgan fingerprint density at radius 3 is 1.57 bits per heavy atom. The minimum Gasteiger partial charge on any atom is -0.356 e. The third kappa shape index (κ3) is 5.29. The monoisotopic (exact) mass is 514 g/mol. The molecule has 40 heavy (non-hydrogen) atoms. The highest BCUT2D eigenvalue weighted by atomic mass is 14.9. The van der Waals surface area contributed by atoms with Gasteiger partial charge in [-0.25, -0.2) is 0 Å². The van der Waals surface area contributed by atoms with Crippen LogP contribution in [0, 0.1) is 0 Å². The van der Waals surface area contributed by atoms with E-state index >= 15 is 0 Å². The lowest BCUT2D eigenvalue weighted by atomic mass is 9.91. The normalized spacial score (nSPS) is 10.7. The van der Waals surface area contributed by atoms with E-state index in [-0.39, 0.29) is 0 Å². The predicted octanol–water partition coefficient (Wildman–Crippen LogP) is 10.9. The third-order valence-corrected chi connectivity index (χ3v) is 7.17. The van der Waals surface area contributed by atoms with Gasteiger partial charge >= 0.3 is 0 Å². The first-order valence-electron chi connectivity index (χ1n) is 13.4. The van der Waals surface area contributed by atoms with Crippen molar-refractivity contribution >= 4 is 45.7 Å². The Balaban J connectivity index is 1.38. The molecule has 0 aliphatic carbocycles. The molecular formula is C38H30N2. The maximum Gasteiger partial charge on any atom is 0.0390 e. The summed E-state index contributed by atoms with van der Waals surface area (Å²) in [5, 5.41) is 9.55. The molecule has 192 valence electrons. The molecule has 0 spiro atoms. The summed E-state index contributed by atoms with van der Waals surface area (Å²) in [6, 6.07) is 46.9. The molecule has 2 heteroatoms. The molecule has 0 radical (unpaired) electrons. The molecule has 0 unspecified atom stereocenters. The molecule has 0 aliphatic rings. The van der Waals surface area contributed by atoms with Crippen molar-refractivity contribution in [2.75, 3.05) is 10.6 Å². The Morgan fingerprint density at radius 1 is 0.425 bits per heavy atom. The van der Waals surface area contributed by atoms with E-state index in [0.717, 1.165) is 39.4 Å². The van der Waals surface area contributed by atoms with Gasteiger partial charge in [0, 0.05) is 22.7 Å². The van der Waals surface area contributed by atoms with Crippen LogP contribution in [0.5, 0.6) is 0 Å². The van der Waals surface area contributed by atoms with E-state index in [2.05, 4.69) is 157 Å². The van der Waals surface area contributed by atoms with E-state index in [0.29, 0.717) is 0 Å². The topological polar surface area (TPSA) is 24.1 Å². The van der Waals surface area contributed by atoms with Crippen LogP contribution in [-0.4, -0.2) is 0 Å². The predicted molar refractivity (Wildman–Crippen MR) is 174 cm³/mol. The molecule has 6 aromatic rings. The molecule has 0 amide bonds. The molecule has 0 bridgehead atoms. The Labute approximate surface area is 236 Å². The first kappa shape index (κ1) is 25.0. The zero-order chi connectivity index (χ0) is 27.3. The second kappa shape index (κ2) is 11.2. The van der Waals surface area contributed by atoms with Gasteiger partial charge in [-0.3, -0.25) is 0 Å². The molecule has 2 N–H and O–H groups in total. The Bertz CT molecular complexity index is 1790. The fourth-order valence-corrected chi connectivity index (χ4v) is 5.03. The highest BCUT2D eigenvalue weighted by Crippen LogP contribution is 2.39. The maximum atomic E-state index is 3.86. The van der Waals surface area contributed by atoms with Gasteiger partial charge in [-0.05, 0) is 92.7 Å². The van der Waals surface area contributed by atoms with Gasteiger partial charge in [-0.15, -0.1) is 0 Å². The molecule has 2 nitrogen and oxygen atoms in total. The van der Waals surface area contributed by atoms with E-state index in [1.165, 1.54) is 27.5 Å². The number of hydrogen-bond acceptors (Lipinski definition) is 2. The highest BCUT2D eigenvalue weighted by Gasteiger charge is 2.12. The first-order chi connectivity index (χ1) is 19.7. The van der Waals surface area contributed by atoms with Crippen LogP contribution in [-0.2, 0) is 0 Å². The van der Waals surface area contributed by atoms with Crippen LogP contribution in [0.15, 0.2) is 147 Å². The van der Waals surface area contributed by atoms with Gasteiger partial charge < -0.3 is 10.6 Å². The van der Waals surface area contributed by atoms with Crippen molar-refractivity contribution < 1.29 is 0 Å². The average molecular weight is 515 g/mol. The fraction of sp³-hybridized carbons (Fsp3) is 0. The average Bonchev–Trinajstić information content (AvgIpc) is 3.02. The molecule has 0 saturated carbocycles. The Hall–Kier alpha value is -5.34. The summed E-state index contributed by atoms with van der Waals surface area (Å²) in [6.07, 6.45) is 3.71. The van der Waals surface area contributed by atoms with Crippen LogP contribution in [0.1, 0.15) is 11.1 Å². The molecule has 0 fully saturated rings. The number of rotatable bonds is 8. The Kier molecular flexibility index (Phi) is 6.98. The molecule has 0 heterocycles. The minimum atomic E-state index is 1.04. The molecule has 6 rings (SSSR count). The number of nitrogens with one attached hydrogen (secondary N) is 2. The Morgan fingerprint density at radius 2 is 0.950 bits per heavy atom. The van der Waals surface area contributed by atoms with Crippen molar-refractivity contribution in [2.45, 2.75) is 0 Å². The summed E-state index contributed by atoms with van der Waals surface area (Å²) >= 11 is 0. The lowest BCUT2D eigenvalue weighted by Gasteiger charge is -2.16. The minimum absolute atomic E-state index is 1.04. The maximum absolute atomic E-state index is 3.86. The van der Waals surface area contributed by atoms with E-state index in [1.807, 2.05) is 12.2 Å².